The van der Waals surface area contributed by atoms with Crippen molar-refractivity contribution >= 4 is 6.29 Å². The van der Waals surface area contributed by atoms with Crippen molar-refractivity contribution in [2.75, 3.05) is 0 Å². The molecule has 3 N–H and O–H groups in total. The third kappa shape index (κ3) is 12.5. The Balaban J connectivity index is 4.99. The minimum absolute atomic E-state index is 0.0332. The molecule has 13 nitrogen and oxygen atoms in total. The molecule has 0 amide bonds. The van der Waals surface area contributed by atoms with E-state index in [4.69, 9.17) is 0 Å². The number of nitrogens with zero attached hydrogens (tertiary/aromatic N) is 3. The molecule has 0 aromatic heterocycles. The van der Waals surface area contributed by atoms with Gasteiger partial charge in [-0.05, 0) is 12.8 Å². The highest BCUT2D eigenvalue weighted by Crippen LogP contribution is 2.21. The summed E-state index contributed by atoms with van der Waals surface area (Å²) < 4.78 is 0. The zero-order valence-electron chi connectivity index (χ0n) is 19.1. The van der Waals surface area contributed by atoms with Gasteiger partial charge in [-0.25, -0.2) is 0 Å². The van der Waals surface area contributed by atoms with Gasteiger partial charge in [-0.15, -0.1) is 0 Å². The van der Waals surface area contributed by atoms with Crippen LogP contribution in [0.15, 0.2) is 0 Å². The molecule has 0 saturated carbocycles. The van der Waals surface area contributed by atoms with Gasteiger partial charge in [0, 0.05) is 40.5 Å². The predicted octanol–water partition coefficient (Wildman–Crippen LogP) is 1.90. The molecule has 6 atom stereocenters. The molecule has 0 rings (SSSR count). The van der Waals surface area contributed by atoms with Crippen molar-refractivity contribution in [2.45, 2.75) is 120 Å². The lowest BCUT2D eigenvalue weighted by Gasteiger charge is -2.23. The topological polar surface area (TPSA) is 207 Å². The lowest BCUT2D eigenvalue weighted by molar-refractivity contribution is -0.556. The van der Waals surface area contributed by atoms with Gasteiger partial charge in [0.25, 0.3) is 0 Å². The number of carbonyl (C=O) groups is 1. The molecule has 0 aliphatic heterocycles. The maximum absolute atomic E-state index is 11.4. The van der Waals surface area contributed by atoms with Crippen LogP contribution in [0, 0.1) is 30.3 Å². The van der Waals surface area contributed by atoms with Crippen LogP contribution in [0.3, 0.4) is 0 Å². The normalized spacial score (nSPS) is 16.8. The van der Waals surface area contributed by atoms with E-state index in [0.29, 0.717) is 12.7 Å². The van der Waals surface area contributed by atoms with Crippen LogP contribution < -0.4 is 0 Å². The number of nitro groups is 3. The van der Waals surface area contributed by atoms with Crippen LogP contribution in [0.4, 0.5) is 0 Å². The van der Waals surface area contributed by atoms with Crippen LogP contribution in [0.2, 0.25) is 0 Å². The Bertz CT molecular complexity index is 607. The summed E-state index contributed by atoms with van der Waals surface area (Å²) in [4.78, 5) is 42.0. The fourth-order valence-electron chi connectivity index (χ4n) is 3.77. The molecule has 0 aliphatic carbocycles. The Kier molecular flexibility index (Phi) is 16.1. The van der Waals surface area contributed by atoms with Crippen molar-refractivity contribution in [3.8, 4) is 0 Å². The molecular formula is C20H37N3O10. The molecule has 0 bridgehead atoms. The first kappa shape index (κ1) is 30.8. The second kappa shape index (κ2) is 17.3. The first-order chi connectivity index (χ1) is 15.6. The number of aliphatic hydroxyl groups excluding tert-OH is 3. The molecule has 0 aliphatic rings. The van der Waals surface area contributed by atoms with Crippen LogP contribution >= 0.6 is 0 Å². The Morgan fingerprint density at radius 1 is 0.667 bits per heavy atom. The average Bonchev–Trinajstić information content (AvgIpc) is 2.73. The highest BCUT2D eigenvalue weighted by atomic mass is 16.6. The van der Waals surface area contributed by atoms with E-state index in [1.165, 1.54) is 0 Å². The Morgan fingerprint density at radius 2 is 1.09 bits per heavy atom. The van der Waals surface area contributed by atoms with Gasteiger partial charge < -0.3 is 20.1 Å². The zero-order valence-corrected chi connectivity index (χ0v) is 19.1. The van der Waals surface area contributed by atoms with E-state index in [-0.39, 0.29) is 25.7 Å². The van der Waals surface area contributed by atoms with Gasteiger partial charge >= 0.3 is 0 Å². The Labute approximate surface area is 192 Å². The van der Waals surface area contributed by atoms with E-state index in [2.05, 4.69) is 6.92 Å². The molecule has 0 saturated heterocycles. The van der Waals surface area contributed by atoms with Gasteiger partial charge in [-0.2, -0.15) is 0 Å². The van der Waals surface area contributed by atoms with Crippen LogP contribution in [-0.4, -0.2) is 72.8 Å². The summed E-state index contributed by atoms with van der Waals surface area (Å²) in [7, 11) is 0. The monoisotopic (exact) mass is 479 g/mol. The largest absolute Gasteiger partial charge is 0.386 e. The van der Waals surface area contributed by atoms with E-state index >= 15 is 0 Å². The van der Waals surface area contributed by atoms with Crippen molar-refractivity contribution in [1.82, 2.24) is 0 Å². The number of carbonyl (C=O) groups excluding carboxylic acids is 1. The maximum Gasteiger partial charge on any atom is 0.241 e. The number of aldehydes is 1. The molecule has 0 spiro atoms. The Morgan fingerprint density at radius 3 is 1.58 bits per heavy atom. The average molecular weight is 480 g/mol. The van der Waals surface area contributed by atoms with Crippen LogP contribution in [-0.2, 0) is 4.79 Å². The van der Waals surface area contributed by atoms with Crippen molar-refractivity contribution < 1.29 is 34.9 Å². The predicted molar refractivity (Wildman–Crippen MR) is 118 cm³/mol. The zero-order chi connectivity index (χ0) is 25.4. The van der Waals surface area contributed by atoms with Crippen LogP contribution in [0.5, 0.6) is 0 Å². The van der Waals surface area contributed by atoms with Gasteiger partial charge in [-0.3, -0.25) is 30.3 Å². The number of hydrogen-bond donors (Lipinski definition) is 3. The fourth-order valence-corrected chi connectivity index (χ4v) is 3.77. The Hall–Kier alpha value is -2.25. The SMILES string of the molecule is CCCCCCCCC(C(O)CC(O)C(CC(O)C(CCCC=O)[N+](=O)[O-])[N+](=O)[O-])[N+](=O)[O-]. The molecule has 0 heterocycles. The maximum atomic E-state index is 11.4. The summed E-state index contributed by atoms with van der Waals surface area (Å²) in [5.74, 6) is 0. The third-order valence-corrected chi connectivity index (χ3v) is 5.79. The fraction of sp³-hybridized carbons (Fsp3) is 0.950. The van der Waals surface area contributed by atoms with Crippen molar-refractivity contribution in [1.29, 1.82) is 0 Å². The molecule has 0 aromatic rings. The van der Waals surface area contributed by atoms with Gasteiger partial charge in [0.05, 0.1) is 6.42 Å². The summed E-state index contributed by atoms with van der Waals surface area (Å²) in [6, 6.07) is -4.83. The van der Waals surface area contributed by atoms with E-state index in [1.807, 2.05) is 0 Å². The molecule has 33 heavy (non-hydrogen) atoms. The van der Waals surface area contributed by atoms with Gasteiger partial charge in [0.15, 0.2) is 0 Å². The summed E-state index contributed by atoms with van der Waals surface area (Å²) in [5, 5.41) is 64.7. The molecular weight excluding hydrogens is 442 g/mol. The third-order valence-electron chi connectivity index (χ3n) is 5.79. The van der Waals surface area contributed by atoms with Crippen molar-refractivity contribution in [3.05, 3.63) is 30.3 Å². The smallest absolute Gasteiger partial charge is 0.241 e. The second-order valence-corrected chi connectivity index (χ2v) is 8.39. The van der Waals surface area contributed by atoms with E-state index in [9.17, 15) is 50.5 Å². The van der Waals surface area contributed by atoms with Gasteiger partial charge in [-0.1, -0.05) is 39.0 Å². The van der Waals surface area contributed by atoms with Gasteiger partial charge in [0.2, 0.25) is 18.1 Å². The molecule has 0 aromatic carbocycles. The second-order valence-electron chi connectivity index (χ2n) is 8.39. The lowest BCUT2D eigenvalue weighted by Crippen LogP contribution is -2.45. The lowest BCUT2D eigenvalue weighted by atomic mass is 9.92. The summed E-state index contributed by atoms with van der Waals surface area (Å²) in [5.41, 5.74) is 0. The number of unbranched alkanes of at least 4 members (excludes halogenated alkanes) is 6. The first-order valence-electron chi connectivity index (χ1n) is 11.4. The minimum Gasteiger partial charge on any atom is -0.386 e. The quantitative estimate of drug-likeness (QED) is 0.0942. The number of hydrogen-bond acceptors (Lipinski definition) is 10. The molecule has 0 radical (unpaired) electrons. The van der Waals surface area contributed by atoms with Crippen molar-refractivity contribution in [3.63, 3.8) is 0 Å². The molecule has 6 unspecified atom stereocenters. The van der Waals surface area contributed by atoms with E-state index in [1.54, 1.807) is 0 Å². The number of aliphatic hydroxyl groups is 3. The van der Waals surface area contributed by atoms with Crippen molar-refractivity contribution in [2.24, 2.45) is 0 Å². The summed E-state index contributed by atoms with van der Waals surface area (Å²) in [6.07, 6.45) is -0.865. The molecule has 192 valence electrons. The number of rotatable bonds is 21. The van der Waals surface area contributed by atoms with Crippen LogP contribution in [0.1, 0.15) is 84.0 Å². The minimum atomic E-state index is -1.86. The van der Waals surface area contributed by atoms with Gasteiger partial charge in [0.1, 0.15) is 24.6 Å². The summed E-state index contributed by atoms with van der Waals surface area (Å²) in [6.45, 7) is 2.06. The first-order valence-corrected chi connectivity index (χ1v) is 11.4. The van der Waals surface area contributed by atoms with E-state index < -0.39 is 64.0 Å². The highest BCUT2D eigenvalue weighted by molar-refractivity contribution is 5.48. The summed E-state index contributed by atoms with van der Waals surface area (Å²) >= 11 is 0. The standard InChI is InChI=1S/C20H37N3O10/c1-2-3-4-5-6-7-10-16(22(30)31)19(26)14-20(27)17(23(32)33)13-18(25)15(21(28)29)11-8-9-12-24/h12,15-20,25-27H,2-11,13-14H2,1H3. The highest BCUT2D eigenvalue weighted by Gasteiger charge is 2.41. The van der Waals surface area contributed by atoms with E-state index in [0.717, 1.165) is 32.1 Å². The molecule has 0 fully saturated rings. The molecule has 13 heteroatoms. The van der Waals surface area contributed by atoms with Crippen LogP contribution in [0.25, 0.3) is 0 Å².